The zero-order valence-corrected chi connectivity index (χ0v) is 12.7. The van der Waals surface area contributed by atoms with Crippen molar-refractivity contribution in [2.75, 3.05) is 20.2 Å². The summed E-state index contributed by atoms with van der Waals surface area (Å²) in [6, 6.07) is 5.78. The van der Waals surface area contributed by atoms with Crippen LogP contribution < -0.4 is 4.74 Å². The summed E-state index contributed by atoms with van der Waals surface area (Å²) in [4.78, 5) is 13.1. The third-order valence-corrected chi connectivity index (χ3v) is 4.03. The number of methoxy groups -OCH3 is 1. The molecular weight excluding hydrogens is 266 g/mol. The average Bonchev–Trinajstić information content (AvgIpc) is 2.48. The normalized spacial score (nSPS) is 17.2. The monoisotopic (exact) mass is 289 g/mol. The van der Waals surface area contributed by atoms with Crippen molar-refractivity contribution in [2.45, 2.75) is 26.3 Å². The van der Waals surface area contributed by atoms with Crippen LogP contribution in [0.4, 0.5) is 0 Å². The van der Waals surface area contributed by atoms with E-state index in [1.54, 1.807) is 13.2 Å². The lowest BCUT2D eigenvalue weighted by Gasteiger charge is -2.30. The first-order valence-electron chi connectivity index (χ1n) is 7.38. The Bertz CT molecular complexity index is 517. The second-order valence-corrected chi connectivity index (χ2v) is 5.69. The van der Waals surface area contributed by atoms with Gasteiger partial charge in [0.05, 0.1) is 7.11 Å². The Morgan fingerprint density at radius 2 is 2.14 bits per heavy atom. The number of hydrogen-bond donors (Lipinski definition) is 1. The van der Waals surface area contributed by atoms with Gasteiger partial charge in [0.2, 0.25) is 0 Å². The minimum Gasteiger partial charge on any atom is -0.497 e. The van der Waals surface area contributed by atoms with E-state index in [4.69, 9.17) is 9.84 Å². The summed E-state index contributed by atoms with van der Waals surface area (Å²) in [6.07, 6.45) is 5.29. The molecule has 1 fully saturated rings. The molecule has 2 rings (SSSR count). The summed E-state index contributed by atoms with van der Waals surface area (Å²) in [6.45, 7) is 5.33. The highest BCUT2D eigenvalue weighted by Gasteiger charge is 2.16. The van der Waals surface area contributed by atoms with Crippen LogP contribution in [-0.4, -0.2) is 36.2 Å². The Morgan fingerprint density at radius 1 is 1.43 bits per heavy atom. The average molecular weight is 289 g/mol. The highest BCUT2D eigenvalue weighted by molar-refractivity contribution is 5.85. The maximum atomic E-state index is 10.7. The lowest BCUT2D eigenvalue weighted by molar-refractivity contribution is -0.131. The van der Waals surface area contributed by atoms with Crippen molar-refractivity contribution in [2.24, 2.45) is 5.92 Å². The molecule has 21 heavy (non-hydrogen) atoms. The van der Waals surface area contributed by atoms with E-state index in [1.165, 1.54) is 18.9 Å². The highest BCUT2D eigenvalue weighted by atomic mass is 16.5. The molecule has 1 aliphatic rings. The fraction of sp³-hybridized carbons (Fsp3) is 0.471. The van der Waals surface area contributed by atoms with E-state index in [-0.39, 0.29) is 0 Å². The fourth-order valence-corrected chi connectivity index (χ4v) is 2.63. The minimum atomic E-state index is -0.927. The van der Waals surface area contributed by atoms with Gasteiger partial charge in [0.1, 0.15) is 5.75 Å². The Hall–Kier alpha value is -1.81. The van der Waals surface area contributed by atoms with Gasteiger partial charge in [-0.05, 0) is 61.2 Å². The van der Waals surface area contributed by atoms with Crippen LogP contribution in [0.25, 0.3) is 6.08 Å². The number of carboxylic acid groups (broad SMARTS) is 1. The molecule has 4 nitrogen and oxygen atoms in total. The molecule has 1 aromatic carbocycles. The van der Waals surface area contributed by atoms with E-state index in [9.17, 15) is 4.79 Å². The van der Waals surface area contributed by atoms with Crippen LogP contribution in [0.5, 0.6) is 5.75 Å². The number of carboxylic acids is 1. The van der Waals surface area contributed by atoms with E-state index in [1.807, 2.05) is 18.2 Å². The Kier molecular flexibility index (Phi) is 5.39. The van der Waals surface area contributed by atoms with Crippen molar-refractivity contribution >= 4 is 12.0 Å². The zero-order valence-electron chi connectivity index (χ0n) is 12.7. The first-order valence-corrected chi connectivity index (χ1v) is 7.38. The summed E-state index contributed by atoms with van der Waals surface area (Å²) >= 11 is 0. The Balaban J connectivity index is 2.16. The molecule has 1 aliphatic heterocycles. The standard InChI is InChI=1S/C17H23NO3/c1-13-7-9-18(10-8-13)12-15-11-16(21-2)5-3-14(15)4-6-17(19)20/h3-6,11,13H,7-10,12H2,1-2H3,(H,19,20). The van der Waals surface area contributed by atoms with Crippen LogP contribution in [0.15, 0.2) is 24.3 Å². The molecule has 1 heterocycles. The maximum absolute atomic E-state index is 10.7. The van der Waals surface area contributed by atoms with Gasteiger partial charge in [0.15, 0.2) is 0 Å². The van der Waals surface area contributed by atoms with Gasteiger partial charge in [-0.15, -0.1) is 0 Å². The topological polar surface area (TPSA) is 49.8 Å². The SMILES string of the molecule is COc1ccc(C=CC(=O)O)c(CN2CCC(C)CC2)c1. The van der Waals surface area contributed by atoms with Crippen molar-refractivity contribution in [3.63, 3.8) is 0 Å². The van der Waals surface area contributed by atoms with Crippen LogP contribution in [0.3, 0.4) is 0 Å². The number of piperidine rings is 1. The predicted molar refractivity (Wildman–Crippen MR) is 83.3 cm³/mol. The largest absolute Gasteiger partial charge is 0.497 e. The summed E-state index contributed by atoms with van der Waals surface area (Å²) < 4.78 is 5.28. The zero-order chi connectivity index (χ0) is 15.2. The summed E-state index contributed by atoms with van der Waals surface area (Å²) in [5, 5.41) is 8.80. The summed E-state index contributed by atoms with van der Waals surface area (Å²) in [7, 11) is 1.65. The van der Waals surface area contributed by atoms with E-state index >= 15 is 0 Å². The Morgan fingerprint density at radius 3 is 2.76 bits per heavy atom. The first kappa shape index (κ1) is 15.6. The van der Waals surface area contributed by atoms with E-state index in [0.29, 0.717) is 0 Å². The number of benzene rings is 1. The summed E-state index contributed by atoms with van der Waals surface area (Å²) in [5.74, 6) is 0.685. The van der Waals surface area contributed by atoms with Crippen LogP contribution in [0.1, 0.15) is 30.9 Å². The molecule has 0 spiro atoms. The number of aliphatic carboxylic acids is 1. The van der Waals surface area contributed by atoms with Gasteiger partial charge in [-0.3, -0.25) is 4.90 Å². The van der Waals surface area contributed by atoms with Crippen LogP contribution in [0, 0.1) is 5.92 Å². The number of rotatable bonds is 5. The molecule has 1 aromatic rings. The van der Waals surface area contributed by atoms with Crippen molar-refractivity contribution in [1.82, 2.24) is 4.90 Å². The van der Waals surface area contributed by atoms with Gasteiger partial charge in [-0.25, -0.2) is 4.79 Å². The lowest BCUT2D eigenvalue weighted by atomic mass is 9.98. The van der Waals surface area contributed by atoms with Gasteiger partial charge in [-0.1, -0.05) is 13.0 Å². The van der Waals surface area contributed by atoms with Crippen molar-refractivity contribution in [3.8, 4) is 5.75 Å². The van der Waals surface area contributed by atoms with Gasteiger partial charge in [0.25, 0.3) is 0 Å². The molecule has 0 saturated carbocycles. The third-order valence-electron chi connectivity index (χ3n) is 4.03. The summed E-state index contributed by atoms with van der Waals surface area (Å²) in [5.41, 5.74) is 2.05. The van der Waals surface area contributed by atoms with E-state index < -0.39 is 5.97 Å². The first-order chi connectivity index (χ1) is 10.1. The molecule has 0 bridgehead atoms. The van der Waals surface area contributed by atoms with Gasteiger partial charge in [-0.2, -0.15) is 0 Å². The Labute approximate surface area is 126 Å². The number of ether oxygens (including phenoxy) is 1. The van der Waals surface area contributed by atoms with E-state index in [0.717, 1.165) is 42.4 Å². The number of nitrogens with zero attached hydrogens (tertiary/aromatic N) is 1. The molecule has 0 atom stereocenters. The van der Waals surface area contributed by atoms with E-state index in [2.05, 4.69) is 11.8 Å². The molecule has 0 amide bonds. The molecular formula is C17H23NO3. The lowest BCUT2D eigenvalue weighted by Crippen LogP contribution is -2.32. The molecule has 1 saturated heterocycles. The van der Waals surface area contributed by atoms with Gasteiger partial charge < -0.3 is 9.84 Å². The van der Waals surface area contributed by atoms with Gasteiger partial charge in [0, 0.05) is 12.6 Å². The number of carbonyl (C=O) groups is 1. The van der Waals surface area contributed by atoms with Crippen molar-refractivity contribution in [3.05, 3.63) is 35.4 Å². The minimum absolute atomic E-state index is 0.804. The third kappa shape index (κ3) is 4.60. The molecule has 114 valence electrons. The van der Waals surface area contributed by atoms with Gasteiger partial charge >= 0.3 is 5.97 Å². The van der Waals surface area contributed by atoms with Crippen molar-refractivity contribution < 1.29 is 14.6 Å². The van der Waals surface area contributed by atoms with Crippen LogP contribution in [-0.2, 0) is 11.3 Å². The van der Waals surface area contributed by atoms with Crippen LogP contribution in [0.2, 0.25) is 0 Å². The molecule has 0 unspecified atom stereocenters. The number of hydrogen-bond acceptors (Lipinski definition) is 3. The maximum Gasteiger partial charge on any atom is 0.328 e. The molecule has 0 aliphatic carbocycles. The molecule has 0 aromatic heterocycles. The number of likely N-dealkylation sites (tertiary alicyclic amines) is 1. The second kappa shape index (κ2) is 7.27. The van der Waals surface area contributed by atoms with Crippen molar-refractivity contribution in [1.29, 1.82) is 0 Å². The second-order valence-electron chi connectivity index (χ2n) is 5.69. The predicted octanol–water partition coefficient (Wildman–Crippen LogP) is 3.02. The molecule has 1 N–H and O–H groups in total. The molecule has 4 heteroatoms. The van der Waals surface area contributed by atoms with Crippen LogP contribution >= 0.6 is 0 Å². The fourth-order valence-electron chi connectivity index (χ4n) is 2.63. The smallest absolute Gasteiger partial charge is 0.328 e. The quantitative estimate of drug-likeness (QED) is 0.847. The molecule has 0 radical (unpaired) electrons. The highest BCUT2D eigenvalue weighted by Crippen LogP contribution is 2.23.